The van der Waals surface area contributed by atoms with E-state index in [-0.39, 0.29) is 12.5 Å². The fourth-order valence-corrected chi connectivity index (χ4v) is 3.33. The molecule has 0 spiro atoms. The van der Waals surface area contributed by atoms with Gasteiger partial charge in [-0.1, -0.05) is 0 Å². The van der Waals surface area contributed by atoms with Crippen LogP contribution in [0.2, 0.25) is 0 Å². The molecule has 1 unspecified atom stereocenters. The molecule has 1 rings (SSSR count). The van der Waals surface area contributed by atoms with Crippen LogP contribution >= 0.6 is 0 Å². The maximum absolute atomic E-state index is 11.9. The zero-order valence-corrected chi connectivity index (χ0v) is 11.1. The van der Waals surface area contributed by atoms with Crippen LogP contribution < -0.4 is 4.72 Å². The van der Waals surface area contributed by atoms with Crippen LogP contribution in [0.5, 0.6) is 0 Å². The van der Waals surface area contributed by atoms with Crippen molar-refractivity contribution < 1.29 is 18.3 Å². The van der Waals surface area contributed by atoms with Gasteiger partial charge < -0.3 is 9.84 Å². The summed E-state index contributed by atoms with van der Waals surface area (Å²) >= 11 is 0. The van der Waals surface area contributed by atoms with Gasteiger partial charge >= 0.3 is 0 Å². The standard InChI is InChI=1S/C10H22N2O4S/c1-16-8-5-11-17(14,15)12-6-2-3-10(9-12)4-7-13/h10-11,13H,2-9H2,1H3. The molecule has 0 amide bonds. The van der Waals surface area contributed by atoms with Crippen molar-refractivity contribution in [2.45, 2.75) is 19.3 Å². The first-order chi connectivity index (χ1) is 8.10. The molecule has 6 nitrogen and oxygen atoms in total. The molecule has 1 saturated heterocycles. The summed E-state index contributed by atoms with van der Waals surface area (Å²) in [5.74, 6) is 0.271. The molecule has 0 bridgehead atoms. The Morgan fingerprint density at radius 1 is 1.53 bits per heavy atom. The molecule has 1 heterocycles. The van der Waals surface area contributed by atoms with E-state index < -0.39 is 10.2 Å². The highest BCUT2D eigenvalue weighted by atomic mass is 32.2. The number of methoxy groups -OCH3 is 1. The normalized spacial score (nSPS) is 22.8. The zero-order valence-electron chi connectivity index (χ0n) is 10.3. The van der Waals surface area contributed by atoms with Gasteiger partial charge in [-0.25, -0.2) is 0 Å². The third-order valence-electron chi connectivity index (χ3n) is 2.95. The molecule has 102 valence electrons. The van der Waals surface area contributed by atoms with Gasteiger partial charge in [0.05, 0.1) is 6.61 Å². The Morgan fingerprint density at radius 3 is 2.94 bits per heavy atom. The molecule has 0 aromatic carbocycles. The SMILES string of the molecule is COCCNS(=O)(=O)N1CCCC(CCO)C1. The predicted octanol–water partition coefficient (Wildman–Crippen LogP) is -0.438. The molecule has 0 aliphatic carbocycles. The average molecular weight is 266 g/mol. The Hall–Kier alpha value is -0.210. The summed E-state index contributed by atoms with van der Waals surface area (Å²) in [4.78, 5) is 0. The zero-order chi connectivity index (χ0) is 12.7. The molecule has 1 aliphatic rings. The number of nitrogens with zero attached hydrogens (tertiary/aromatic N) is 1. The fraction of sp³-hybridized carbons (Fsp3) is 1.00. The van der Waals surface area contributed by atoms with Crippen molar-refractivity contribution in [3.8, 4) is 0 Å². The Balaban J connectivity index is 2.46. The second-order valence-corrected chi connectivity index (χ2v) is 6.03. The summed E-state index contributed by atoms with van der Waals surface area (Å²) in [6.45, 7) is 1.84. The van der Waals surface area contributed by atoms with Crippen LogP contribution in [0.1, 0.15) is 19.3 Å². The van der Waals surface area contributed by atoms with E-state index in [1.807, 2.05) is 0 Å². The van der Waals surface area contributed by atoms with E-state index in [2.05, 4.69) is 4.72 Å². The van der Waals surface area contributed by atoms with Gasteiger partial charge in [-0.05, 0) is 25.2 Å². The maximum Gasteiger partial charge on any atom is 0.279 e. The second kappa shape index (κ2) is 7.27. The fourth-order valence-electron chi connectivity index (χ4n) is 2.03. The maximum atomic E-state index is 11.9. The van der Waals surface area contributed by atoms with E-state index in [4.69, 9.17) is 9.84 Å². The Labute approximate surface area is 103 Å². The Kier molecular flexibility index (Phi) is 6.35. The van der Waals surface area contributed by atoms with Crippen molar-refractivity contribution in [3.05, 3.63) is 0 Å². The Morgan fingerprint density at radius 2 is 2.29 bits per heavy atom. The van der Waals surface area contributed by atoms with E-state index in [1.54, 1.807) is 0 Å². The minimum atomic E-state index is -3.39. The van der Waals surface area contributed by atoms with Crippen LogP contribution in [0.15, 0.2) is 0 Å². The predicted molar refractivity (Wildman–Crippen MR) is 64.8 cm³/mol. The van der Waals surface area contributed by atoms with E-state index in [1.165, 1.54) is 11.4 Å². The van der Waals surface area contributed by atoms with Crippen LogP contribution in [0, 0.1) is 5.92 Å². The van der Waals surface area contributed by atoms with Gasteiger partial charge in [-0.2, -0.15) is 17.4 Å². The smallest absolute Gasteiger partial charge is 0.279 e. The third kappa shape index (κ3) is 4.89. The lowest BCUT2D eigenvalue weighted by Gasteiger charge is -2.31. The van der Waals surface area contributed by atoms with Gasteiger partial charge in [0, 0.05) is 33.4 Å². The molecule has 1 atom stereocenters. The number of aliphatic hydroxyl groups is 1. The van der Waals surface area contributed by atoms with Crippen molar-refractivity contribution in [2.75, 3.05) is 40.0 Å². The highest BCUT2D eigenvalue weighted by Gasteiger charge is 2.27. The largest absolute Gasteiger partial charge is 0.396 e. The Bertz CT molecular complexity index is 305. The van der Waals surface area contributed by atoms with Crippen molar-refractivity contribution in [2.24, 2.45) is 5.92 Å². The molecule has 0 aromatic rings. The van der Waals surface area contributed by atoms with Gasteiger partial charge in [-0.3, -0.25) is 0 Å². The van der Waals surface area contributed by atoms with Gasteiger partial charge in [0.2, 0.25) is 0 Å². The van der Waals surface area contributed by atoms with Crippen LogP contribution in [0.3, 0.4) is 0 Å². The first kappa shape index (κ1) is 14.8. The summed E-state index contributed by atoms with van der Waals surface area (Å²) in [5.41, 5.74) is 0. The van der Waals surface area contributed by atoms with Gasteiger partial charge in [0.1, 0.15) is 0 Å². The average Bonchev–Trinajstić information content (AvgIpc) is 2.30. The summed E-state index contributed by atoms with van der Waals surface area (Å²) in [5, 5.41) is 8.88. The first-order valence-corrected chi connectivity index (χ1v) is 7.38. The molecule has 1 aliphatic heterocycles. The number of ether oxygens (including phenoxy) is 1. The van der Waals surface area contributed by atoms with Crippen LogP contribution in [0.4, 0.5) is 0 Å². The lowest BCUT2D eigenvalue weighted by atomic mass is 9.97. The van der Waals surface area contributed by atoms with Crippen molar-refractivity contribution in [3.63, 3.8) is 0 Å². The molecular weight excluding hydrogens is 244 g/mol. The minimum Gasteiger partial charge on any atom is -0.396 e. The molecule has 17 heavy (non-hydrogen) atoms. The summed E-state index contributed by atoms with van der Waals surface area (Å²) in [6.07, 6.45) is 2.52. The molecule has 1 fully saturated rings. The molecule has 7 heteroatoms. The number of piperidine rings is 1. The number of rotatable bonds is 7. The van der Waals surface area contributed by atoms with Crippen molar-refractivity contribution in [1.82, 2.24) is 9.03 Å². The molecule has 0 radical (unpaired) electrons. The lowest BCUT2D eigenvalue weighted by Crippen LogP contribution is -2.46. The number of hydrogen-bond acceptors (Lipinski definition) is 4. The monoisotopic (exact) mass is 266 g/mol. The topological polar surface area (TPSA) is 78.9 Å². The molecule has 0 saturated carbocycles. The highest BCUT2D eigenvalue weighted by molar-refractivity contribution is 7.87. The van der Waals surface area contributed by atoms with Crippen LogP contribution in [-0.2, 0) is 14.9 Å². The number of hydrogen-bond donors (Lipinski definition) is 2. The van der Waals surface area contributed by atoms with Crippen molar-refractivity contribution in [1.29, 1.82) is 0 Å². The van der Waals surface area contributed by atoms with E-state index in [0.717, 1.165) is 12.8 Å². The summed E-state index contributed by atoms with van der Waals surface area (Å²) in [6, 6.07) is 0. The molecular formula is C10H22N2O4S. The van der Waals surface area contributed by atoms with E-state index in [0.29, 0.717) is 32.7 Å². The molecule has 0 aromatic heterocycles. The summed E-state index contributed by atoms with van der Waals surface area (Å²) < 4.78 is 32.6. The van der Waals surface area contributed by atoms with E-state index in [9.17, 15) is 8.42 Å². The molecule has 2 N–H and O–H groups in total. The van der Waals surface area contributed by atoms with Gasteiger partial charge in [0.15, 0.2) is 0 Å². The second-order valence-electron chi connectivity index (χ2n) is 4.27. The third-order valence-corrected chi connectivity index (χ3v) is 4.53. The van der Waals surface area contributed by atoms with Gasteiger partial charge in [-0.15, -0.1) is 0 Å². The summed E-state index contributed by atoms with van der Waals surface area (Å²) in [7, 11) is -1.85. The number of nitrogens with one attached hydrogen (secondary N) is 1. The van der Waals surface area contributed by atoms with Crippen LogP contribution in [0.25, 0.3) is 0 Å². The van der Waals surface area contributed by atoms with Gasteiger partial charge in [0.25, 0.3) is 10.2 Å². The highest BCUT2D eigenvalue weighted by Crippen LogP contribution is 2.20. The van der Waals surface area contributed by atoms with Crippen LogP contribution in [-0.4, -0.2) is 57.8 Å². The van der Waals surface area contributed by atoms with E-state index >= 15 is 0 Å². The minimum absolute atomic E-state index is 0.121. The number of aliphatic hydroxyl groups excluding tert-OH is 1. The quantitative estimate of drug-likeness (QED) is 0.612. The van der Waals surface area contributed by atoms with Crippen molar-refractivity contribution >= 4 is 10.2 Å². The lowest BCUT2D eigenvalue weighted by molar-refractivity contribution is 0.195. The first-order valence-electron chi connectivity index (χ1n) is 5.94.